The Morgan fingerprint density at radius 2 is 1.57 bits per heavy atom. The summed E-state index contributed by atoms with van der Waals surface area (Å²) in [5.74, 6) is -4.14. The van der Waals surface area contributed by atoms with Crippen LogP contribution in [0.3, 0.4) is 0 Å². The van der Waals surface area contributed by atoms with Crippen molar-refractivity contribution in [2.45, 2.75) is 11.3 Å². The van der Waals surface area contributed by atoms with Crippen LogP contribution in [0.5, 0.6) is 11.5 Å². The Morgan fingerprint density at radius 1 is 0.971 bits per heavy atom. The summed E-state index contributed by atoms with van der Waals surface area (Å²) in [7, 11) is -2.32. The van der Waals surface area contributed by atoms with E-state index in [4.69, 9.17) is 26.8 Å². The maximum Gasteiger partial charge on any atom is 0.267 e. The van der Waals surface area contributed by atoms with E-state index in [1.54, 1.807) is 0 Å². The van der Waals surface area contributed by atoms with E-state index in [0.717, 1.165) is 24.3 Å². The molecule has 0 unspecified atom stereocenters. The van der Waals surface area contributed by atoms with Gasteiger partial charge in [0.25, 0.3) is 10.0 Å². The van der Waals surface area contributed by atoms with Crippen LogP contribution in [0.1, 0.15) is 11.1 Å². The van der Waals surface area contributed by atoms with E-state index in [9.17, 15) is 26.4 Å². The maximum atomic E-state index is 14.9. The molecule has 0 heterocycles. The number of hydrogen-bond donors (Lipinski definition) is 1. The third-order valence-corrected chi connectivity index (χ3v) is 7.05. The molecule has 0 aliphatic rings. The summed E-state index contributed by atoms with van der Waals surface area (Å²) in [6, 6.07) is 8.80. The Morgan fingerprint density at radius 3 is 2.14 bits per heavy atom. The number of hydrogen-bond acceptors (Lipinski definition) is 5. The van der Waals surface area contributed by atoms with Crippen LogP contribution in [-0.2, 0) is 21.2 Å². The van der Waals surface area contributed by atoms with Crippen LogP contribution in [0.15, 0.2) is 53.4 Å². The van der Waals surface area contributed by atoms with Crippen molar-refractivity contribution in [3.05, 3.63) is 82.1 Å². The summed E-state index contributed by atoms with van der Waals surface area (Å²) >= 11 is 6.06. The quantitative estimate of drug-likeness (QED) is 0.452. The number of halogens is 4. The Labute approximate surface area is 204 Å². The SMILES string of the molecule is COc1cc(F)c(S(=O)(=O)N(CC(N)=O)c2ccc(Cl)cc2Cc2c(F)cccc2F)cc1OC. The van der Waals surface area contributed by atoms with Gasteiger partial charge in [0.2, 0.25) is 5.91 Å². The molecule has 0 fully saturated rings. The third kappa shape index (κ3) is 5.46. The van der Waals surface area contributed by atoms with Gasteiger partial charge in [0.05, 0.1) is 19.9 Å². The van der Waals surface area contributed by atoms with Crippen LogP contribution in [0.2, 0.25) is 5.02 Å². The number of nitrogens with two attached hydrogens (primary N) is 1. The standard InChI is InChI=1S/C23H20ClF3N2O5S/c1-33-20-10-18(27)22(11-21(20)34-2)35(31,32)29(12-23(28)30)19-7-6-14(24)8-13(19)9-15-16(25)4-3-5-17(15)26/h3-8,10-11H,9,12H2,1-2H3,(H2,28,30). The molecule has 3 rings (SSSR count). The average Bonchev–Trinajstić information content (AvgIpc) is 2.79. The van der Waals surface area contributed by atoms with E-state index in [0.29, 0.717) is 4.31 Å². The number of anilines is 1. The van der Waals surface area contributed by atoms with E-state index in [-0.39, 0.29) is 33.3 Å². The number of carbonyl (C=O) groups is 1. The molecule has 0 radical (unpaired) electrons. The minimum absolute atomic E-state index is 0.0483. The predicted octanol–water partition coefficient (Wildman–Crippen LogP) is 4.05. The zero-order valence-corrected chi connectivity index (χ0v) is 20.1. The Bertz CT molecular complexity index is 1370. The van der Waals surface area contributed by atoms with Crippen molar-refractivity contribution >= 4 is 33.2 Å². The minimum Gasteiger partial charge on any atom is -0.493 e. The summed E-state index contributed by atoms with van der Waals surface area (Å²) in [6.45, 7) is -0.898. The Balaban J connectivity index is 2.22. The first-order chi connectivity index (χ1) is 16.5. The molecule has 0 aromatic heterocycles. The summed E-state index contributed by atoms with van der Waals surface area (Å²) in [6.07, 6.45) is -0.423. The fourth-order valence-electron chi connectivity index (χ4n) is 3.42. The number of benzene rings is 3. The molecule has 0 spiro atoms. The molecule has 3 aromatic rings. The molecule has 0 aliphatic heterocycles. The number of carbonyl (C=O) groups excluding carboxylic acids is 1. The van der Waals surface area contributed by atoms with Crippen LogP contribution in [0.4, 0.5) is 18.9 Å². The minimum atomic E-state index is -4.79. The van der Waals surface area contributed by atoms with E-state index in [1.165, 1.54) is 38.5 Å². The highest BCUT2D eigenvalue weighted by molar-refractivity contribution is 7.92. The second-order valence-corrected chi connectivity index (χ2v) is 9.53. The second-order valence-electron chi connectivity index (χ2n) is 7.27. The fraction of sp³-hybridized carbons (Fsp3) is 0.174. The summed E-state index contributed by atoms with van der Waals surface area (Å²) < 4.78 is 81.3. The molecular formula is C23H20ClF3N2O5S. The van der Waals surface area contributed by atoms with E-state index < -0.39 is 51.2 Å². The lowest BCUT2D eigenvalue weighted by Crippen LogP contribution is -2.39. The Hall–Kier alpha value is -3.44. The van der Waals surface area contributed by atoms with Gasteiger partial charge in [-0.15, -0.1) is 0 Å². The highest BCUT2D eigenvalue weighted by Gasteiger charge is 2.32. The Kier molecular flexibility index (Phi) is 7.81. The van der Waals surface area contributed by atoms with Crippen molar-refractivity contribution in [1.29, 1.82) is 0 Å². The molecule has 1 amide bonds. The van der Waals surface area contributed by atoms with Crippen LogP contribution in [0.25, 0.3) is 0 Å². The smallest absolute Gasteiger partial charge is 0.267 e. The molecule has 3 aromatic carbocycles. The summed E-state index contributed by atoms with van der Waals surface area (Å²) in [5, 5.41) is 0.134. The van der Waals surface area contributed by atoms with Crippen molar-refractivity contribution < 1.29 is 35.9 Å². The number of ether oxygens (including phenoxy) is 2. The first kappa shape index (κ1) is 26.2. The van der Waals surface area contributed by atoms with Gasteiger partial charge in [-0.3, -0.25) is 9.10 Å². The topological polar surface area (TPSA) is 98.9 Å². The monoisotopic (exact) mass is 528 g/mol. The molecule has 12 heteroatoms. The first-order valence-electron chi connectivity index (χ1n) is 9.93. The molecule has 0 saturated carbocycles. The van der Waals surface area contributed by atoms with Gasteiger partial charge in [0.1, 0.15) is 28.9 Å². The highest BCUT2D eigenvalue weighted by atomic mass is 35.5. The number of rotatable bonds is 9. The number of primary amides is 1. The van der Waals surface area contributed by atoms with Crippen molar-refractivity contribution in [3.8, 4) is 11.5 Å². The van der Waals surface area contributed by atoms with E-state index in [2.05, 4.69) is 0 Å². The van der Waals surface area contributed by atoms with Crippen LogP contribution in [0, 0.1) is 17.5 Å². The molecule has 7 nitrogen and oxygen atoms in total. The molecule has 0 bridgehead atoms. The second kappa shape index (κ2) is 10.4. The molecule has 2 N–H and O–H groups in total. The van der Waals surface area contributed by atoms with Gasteiger partial charge >= 0.3 is 0 Å². The highest BCUT2D eigenvalue weighted by Crippen LogP contribution is 2.36. The van der Waals surface area contributed by atoms with E-state index in [1.807, 2.05) is 0 Å². The van der Waals surface area contributed by atoms with Crippen molar-refractivity contribution in [2.75, 3.05) is 25.1 Å². The first-order valence-corrected chi connectivity index (χ1v) is 11.7. The van der Waals surface area contributed by atoms with E-state index >= 15 is 0 Å². The van der Waals surface area contributed by atoms with Gasteiger partial charge in [0, 0.05) is 29.1 Å². The predicted molar refractivity (Wildman–Crippen MR) is 124 cm³/mol. The molecule has 186 valence electrons. The van der Waals surface area contributed by atoms with Crippen molar-refractivity contribution in [2.24, 2.45) is 5.73 Å². The van der Waals surface area contributed by atoms with Crippen molar-refractivity contribution in [1.82, 2.24) is 0 Å². The van der Waals surface area contributed by atoms with Crippen LogP contribution in [-0.4, -0.2) is 35.1 Å². The lowest BCUT2D eigenvalue weighted by atomic mass is 10.0. The molecule has 0 saturated heterocycles. The number of methoxy groups -OCH3 is 2. The maximum absolute atomic E-state index is 14.9. The third-order valence-electron chi connectivity index (χ3n) is 5.04. The molecule has 0 atom stereocenters. The molecular weight excluding hydrogens is 509 g/mol. The lowest BCUT2D eigenvalue weighted by molar-refractivity contribution is -0.116. The van der Waals surface area contributed by atoms with Gasteiger partial charge in [-0.05, 0) is 35.9 Å². The molecule has 35 heavy (non-hydrogen) atoms. The van der Waals surface area contributed by atoms with Crippen LogP contribution < -0.4 is 19.5 Å². The average molecular weight is 529 g/mol. The summed E-state index contributed by atoms with van der Waals surface area (Å²) in [5.41, 5.74) is 4.81. The lowest BCUT2D eigenvalue weighted by Gasteiger charge is -2.26. The fourth-order valence-corrected chi connectivity index (χ4v) is 5.15. The van der Waals surface area contributed by atoms with Gasteiger partial charge in [-0.2, -0.15) is 0 Å². The van der Waals surface area contributed by atoms with Gasteiger partial charge in [-0.25, -0.2) is 21.6 Å². The largest absolute Gasteiger partial charge is 0.493 e. The summed E-state index contributed by atoms with van der Waals surface area (Å²) in [4.78, 5) is 11.0. The molecule has 0 aliphatic carbocycles. The zero-order chi connectivity index (χ0) is 25.9. The number of nitrogens with zero attached hydrogens (tertiary/aromatic N) is 1. The van der Waals surface area contributed by atoms with Crippen molar-refractivity contribution in [3.63, 3.8) is 0 Å². The van der Waals surface area contributed by atoms with Crippen LogP contribution >= 0.6 is 11.6 Å². The number of amides is 1. The van der Waals surface area contributed by atoms with Gasteiger partial charge in [0.15, 0.2) is 11.5 Å². The number of sulfonamides is 1. The zero-order valence-electron chi connectivity index (χ0n) is 18.5. The normalized spacial score (nSPS) is 11.3. The van der Waals surface area contributed by atoms with Gasteiger partial charge < -0.3 is 15.2 Å². The van der Waals surface area contributed by atoms with Gasteiger partial charge in [-0.1, -0.05) is 17.7 Å².